The number of methoxy groups -OCH3 is 1. The summed E-state index contributed by atoms with van der Waals surface area (Å²) in [5.74, 6) is 0.113. The van der Waals surface area contributed by atoms with Gasteiger partial charge in [-0.2, -0.15) is 0 Å². The lowest BCUT2D eigenvalue weighted by atomic mass is 9.84. The molecule has 0 aliphatic heterocycles. The largest absolute Gasteiger partial charge is 0.384 e. The number of hydrogen-bond acceptors (Lipinski definition) is 3. The van der Waals surface area contributed by atoms with Gasteiger partial charge in [-0.15, -0.1) is 0 Å². The van der Waals surface area contributed by atoms with Gasteiger partial charge in [0.15, 0.2) is 5.78 Å². The van der Waals surface area contributed by atoms with Crippen LogP contribution in [0, 0.1) is 0 Å². The van der Waals surface area contributed by atoms with Crippen molar-refractivity contribution in [2.45, 2.75) is 19.3 Å². The maximum atomic E-state index is 11.8. The fourth-order valence-corrected chi connectivity index (χ4v) is 1.82. The third kappa shape index (κ3) is 3.65. The molecule has 17 heavy (non-hydrogen) atoms. The molecule has 0 aliphatic carbocycles. The van der Waals surface area contributed by atoms with Crippen LogP contribution in [0.4, 0.5) is 0 Å². The van der Waals surface area contributed by atoms with E-state index < -0.39 is 0 Å². The van der Waals surface area contributed by atoms with E-state index in [1.165, 1.54) is 0 Å². The number of ketones is 1. The van der Waals surface area contributed by atoms with Gasteiger partial charge in [0.1, 0.15) is 0 Å². The topological polar surface area (TPSA) is 38.3 Å². The van der Waals surface area contributed by atoms with E-state index in [9.17, 15) is 4.79 Å². The Bertz CT molecular complexity index is 386. The number of ether oxygens (including phenoxy) is 1. The van der Waals surface area contributed by atoms with E-state index in [0.29, 0.717) is 13.2 Å². The van der Waals surface area contributed by atoms with Crippen LogP contribution in [-0.4, -0.2) is 33.1 Å². The monoisotopic (exact) mass is 235 g/mol. The van der Waals surface area contributed by atoms with Crippen molar-refractivity contribution >= 4 is 5.78 Å². The highest BCUT2D eigenvalue weighted by Gasteiger charge is 2.21. The van der Waals surface area contributed by atoms with Crippen molar-refractivity contribution in [3.8, 4) is 0 Å². The SMILES string of the molecule is CNCC(=O)c1cccc(C(C)(C)COC)c1. The maximum Gasteiger partial charge on any atom is 0.176 e. The molecule has 0 amide bonds. The van der Waals surface area contributed by atoms with Crippen molar-refractivity contribution in [1.82, 2.24) is 5.32 Å². The summed E-state index contributed by atoms with van der Waals surface area (Å²) in [5.41, 5.74) is 1.80. The smallest absolute Gasteiger partial charge is 0.176 e. The van der Waals surface area contributed by atoms with Gasteiger partial charge in [-0.25, -0.2) is 0 Å². The average molecular weight is 235 g/mol. The van der Waals surface area contributed by atoms with Crippen LogP contribution in [0.3, 0.4) is 0 Å². The molecule has 0 radical (unpaired) electrons. The summed E-state index contributed by atoms with van der Waals surface area (Å²) >= 11 is 0. The molecular weight excluding hydrogens is 214 g/mol. The summed E-state index contributed by atoms with van der Waals surface area (Å²) in [6, 6.07) is 7.77. The van der Waals surface area contributed by atoms with E-state index in [4.69, 9.17) is 4.74 Å². The molecule has 0 saturated carbocycles. The van der Waals surface area contributed by atoms with Crippen LogP contribution in [0.1, 0.15) is 29.8 Å². The van der Waals surface area contributed by atoms with E-state index in [0.717, 1.165) is 11.1 Å². The molecule has 1 rings (SSSR count). The van der Waals surface area contributed by atoms with Crippen molar-refractivity contribution in [2.24, 2.45) is 0 Å². The molecule has 0 unspecified atom stereocenters. The zero-order chi connectivity index (χ0) is 12.9. The minimum absolute atomic E-state index is 0.0787. The highest BCUT2D eigenvalue weighted by Crippen LogP contribution is 2.24. The first-order chi connectivity index (χ1) is 8.01. The van der Waals surface area contributed by atoms with E-state index in [2.05, 4.69) is 19.2 Å². The molecule has 0 saturated heterocycles. The van der Waals surface area contributed by atoms with Crippen molar-refractivity contribution in [1.29, 1.82) is 0 Å². The number of rotatable bonds is 6. The summed E-state index contributed by atoms with van der Waals surface area (Å²) < 4.78 is 5.21. The molecule has 0 fully saturated rings. The Labute approximate surface area is 103 Å². The first-order valence-electron chi connectivity index (χ1n) is 5.78. The number of carbonyl (C=O) groups is 1. The van der Waals surface area contributed by atoms with Gasteiger partial charge >= 0.3 is 0 Å². The van der Waals surface area contributed by atoms with Crippen LogP contribution in [0.5, 0.6) is 0 Å². The van der Waals surface area contributed by atoms with Crippen molar-refractivity contribution < 1.29 is 9.53 Å². The fraction of sp³-hybridized carbons (Fsp3) is 0.500. The molecule has 0 aliphatic rings. The number of nitrogens with one attached hydrogen (secondary N) is 1. The number of carbonyl (C=O) groups excluding carboxylic acids is 1. The molecule has 1 aromatic rings. The Kier molecular flexibility index (Phi) is 4.85. The zero-order valence-corrected chi connectivity index (χ0v) is 11.0. The van der Waals surface area contributed by atoms with Gasteiger partial charge in [0.25, 0.3) is 0 Å². The van der Waals surface area contributed by atoms with Gasteiger partial charge in [0, 0.05) is 18.1 Å². The third-order valence-electron chi connectivity index (χ3n) is 2.81. The summed E-state index contributed by atoms with van der Waals surface area (Å²) in [7, 11) is 3.47. The van der Waals surface area contributed by atoms with E-state index in [1.54, 1.807) is 14.2 Å². The first kappa shape index (κ1) is 13.9. The summed E-state index contributed by atoms with van der Waals surface area (Å²) in [5, 5.41) is 2.88. The number of hydrogen-bond donors (Lipinski definition) is 1. The Balaban J connectivity index is 2.96. The Morgan fingerprint density at radius 1 is 1.41 bits per heavy atom. The highest BCUT2D eigenvalue weighted by atomic mass is 16.5. The zero-order valence-electron chi connectivity index (χ0n) is 11.0. The lowest BCUT2D eigenvalue weighted by Gasteiger charge is -2.24. The highest BCUT2D eigenvalue weighted by molar-refractivity contribution is 5.97. The third-order valence-corrected chi connectivity index (χ3v) is 2.81. The standard InChI is InChI=1S/C14H21NO2/c1-14(2,10-17-4)12-7-5-6-11(8-12)13(16)9-15-3/h5-8,15H,9-10H2,1-4H3. The van der Waals surface area contributed by atoms with Crippen molar-refractivity contribution in [3.05, 3.63) is 35.4 Å². The average Bonchev–Trinajstić information content (AvgIpc) is 2.29. The fourth-order valence-electron chi connectivity index (χ4n) is 1.82. The normalized spacial score (nSPS) is 11.5. The molecule has 0 heterocycles. The Morgan fingerprint density at radius 3 is 2.71 bits per heavy atom. The van der Waals surface area contributed by atoms with Crippen LogP contribution >= 0.6 is 0 Å². The Morgan fingerprint density at radius 2 is 2.12 bits per heavy atom. The van der Waals surface area contributed by atoms with Gasteiger partial charge in [-0.05, 0) is 18.7 Å². The molecule has 3 heteroatoms. The minimum Gasteiger partial charge on any atom is -0.384 e. The van der Waals surface area contributed by atoms with Gasteiger partial charge in [0.2, 0.25) is 0 Å². The van der Waals surface area contributed by atoms with Gasteiger partial charge in [0.05, 0.1) is 13.2 Å². The molecule has 0 aromatic heterocycles. The van der Waals surface area contributed by atoms with E-state index in [1.807, 2.05) is 24.3 Å². The summed E-state index contributed by atoms with van der Waals surface area (Å²) in [6.45, 7) is 5.22. The van der Waals surface area contributed by atoms with Gasteiger partial charge in [-0.1, -0.05) is 32.0 Å². The molecule has 3 nitrogen and oxygen atoms in total. The summed E-state index contributed by atoms with van der Waals surface area (Å²) in [4.78, 5) is 11.8. The minimum atomic E-state index is -0.0787. The van der Waals surface area contributed by atoms with Gasteiger partial charge < -0.3 is 10.1 Å². The molecule has 1 N–H and O–H groups in total. The number of benzene rings is 1. The van der Waals surface area contributed by atoms with E-state index in [-0.39, 0.29) is 11.2 Å². The predicted molar refractivity (Wildman–Crippen MR) is 69.6 cm³/mol. The van der Waals surface area contributed by atoms with E-state index >= 15 is 0 Å². The molecule has 1 aromatic carbocycles. The molecule has 0 spiro atoms. The van der Waals surface area contributed by atoms with Gasteiger partial charge in [-0.3, -0.25) is 4.79 Å². The summed E-state index contributed by atoms with van der Waals surface area (Å²) in [6.07, 6.45) is 0. The Hall–Kier alpha value is -1.19. The molecule has 0 atom stereocenters. The first-order valence-corrected chi connectivity index (χ1v) is 5.78. The van der Waals surface area contributed by atoms with Crippen molar-refractivity contribution in [2.75, 3.05) is 27.3 Å². The number of likely N-dealkylation sites (N-methyl/N-ethyl adjacent to an activating group) is 1. The second-order valence-corrected chi connectivity index (χ2v) is 4.85. The second kappa shape index (κ2) is 5.94. The van der Waals surface area contributed by atoms with Crippen LogP contribution in [0.2, 0.25) is 0 Å². The quantitative estimate of drug-likeness (QED) is 0.767. The van der Waals surface area contributed by atoms with Crippen LogP contribution in [0.15, 0.2) is 24.3 Å². The number of Topliss-reactive ketones (excluding diaryl/α,β-unsaturated/α-hetero) is 1. The maximum absolute atomic E-state index is 11.8. The lowest BCUT2D eigenvalue weighted by Crippen LogP contribution is -2.24. The lowest BCUT2D eigenvalue weighted by molar-refractivity contribution is 0.0993. The second-order valence-electron chi connectivity index (χ2n) is 4.85. The predicted octanol–water partition coefficient (Wildman–Crippen LogP) is 2.01. The van der Waals surface area contributed by atoms with Crippen LogP contribution in [-0.2, 0) is 10.2 Å². The van der Waals surface area contributed by atoms with Crippen molar-refractivity contribution in [3.63, 3.8) is 0 Å². The molecule has 0 bridgehead atoms. The van der Waals surface area contributed by atoms with Crippen LogP contribution in [0.25, 0.3) is 0 Å². The molecule has 94 valence electrons. The van der Waals surface area contributed by atoms with Crippen LogP contribution < -0.4 is 5.32 Å². The molecular formula is C14H21NO2.